The van der Waals surface area contributed by atoms with Gasteiger partial charge in [0, 0.05) is 24.6 Å². The molecule has 0 aliphatic heterocycles. The van der Waals surface area contributed by atoms with E-state index in [2.05, 4.69) is 5.32 Å². The first kappa shape index (κ1) is 24.8. The van der Waals surface area contributed by atoms with Gasteiger partial charge in [0.2, 0.25) is 11.8 Å². The standard InChI is InChI=1S/C28H32N2O4/c1-20(2)28(32)30(19-21-14-16-24(33-3)17-15-21)26(22-10-6-5-7-11-22)27(31)29-18-23-12-8-9-13-25(23)34-4/h5-17,20,26H,18-19H2,1-4H3,(H,29,31). The summed E-state index contributed by atoms with van der Waals surface area (Å²) in [5.74, 6) is 0.815. The summed E-state index contributed by atoms with van der Waals surface area (Å²) in [6.07, 6.45) is 0. The number of methoxy groups -OCH3 is 2. The maximum Gasteiger partial charge on any atom is 0.247 e. The van der Waals surface area contributed by atoms with Crippen LogP contribution >= 0.6 is 0 Å². The third-order valence-corrected chi connectivity index (χ3v) is 5.61. The third kappa shape index (κ3) is 6.16. The fraction of sp³-hybridized carbons (Fsp3) is 0.286. The molecular formula is C28H32N2O4. The Morgan fingerprint density at radius 1 is 0.853 bits per heavy atom. The van der Waals surface area contributed by atoms with Crippen LogP contribution in [0, 0.1) is 5.92 Å². The quantitative estimate of drug-likeness (QED) is 0.474. The van der Waals surface area contributed by atoms with Gasteiger partial charge in [-0.2, -0.15) is 0 Å². The van der Waals surface area contributed by atoms with Gasteiger partial charge in [-0.3, -0.25) is 9.59 Å². The van der Waals surface area contributed by atoms with E-state index in [9.17, 15) is 9.59 Å². The Labute approximate surface area is 201 Å². The van der Waals surface area contributed by atoms with Gasteiger partial charge in [0.25, 0.3) is 0 Å². The molecule has 34 heavy (non-hydrogen) atoms. The lowest BCUT2D eigenvalue weighted by Crippen LogP contribution is -2.44. The number of hydrogen-bond acceptors (Lipinski definition) is 4. The fourth-order valence-electron chi connectivity index (χ4n) is 3.79. The SMILES string of the molecule is COc1ccc(CN(C(=O)C(C)C)C(C(=O)NCc2ccccc2OC)c2ccccc2)cc1. The monoisotopic (exact) mass is 460 g/mol. The summed E-state index contributed by atoms with van der Waals surface area (Å²) < 4.78 is 10.7. The summed E-state index contributed by atoms with van der Waals surface area (Å²) in [4.78, 5) is 28.6. The van der Waals surface area contributed by atoms with Crippen LogP contribution < -0.4 is 14.8 Å². The minimum atomic E-state index is -0.784. The largest absolute Gasteiger partial charge is 0.497 e. The van der Waals surface area contributed by atoms with Crippen LogP contribution in [0.15, 0.2) is 78.9 Å². The van der Waals surface area contributed by atoms with Crippen molar-refractivity contribution >= 4 is 11.8 Å². The maximum atomic E-state index is 13.6. The number of benzene rings is 3. The minimum Gasteiger partial charge on any atom is -0.497 e. The molecule has 3 rings (SSSR count). The first-order valence-electron chi connectivity index (χ1n) is 11.3. The molecule has 0 heterocycles. The molecule has 0 aliphatic rings. The molecule has 0 radical (unpaired) electrons. The zero-order valence-electron chi connectivity index (χ0n) is 20.2. The molecule has 3 aromatic carbocycles. The van der Waals surface area contributed by atoms with Gasteiger partial charge in [0.1, 0.15) is 17.5 Å². The van der Waals surface area contributed by atoms with Crippen molar-refractivity contribution in [3.63, 3.8) is 0 Å². The van der Waals surface area contributed by atoms with Gasteiger partial charge >= 0.3 is 0 Å². The molecule has 178 valence electrons. The number of nitrogens with one attached hydrogen (secondary N) is 1. The van der Waals surface area contributed by atoms with Crippen LogP contribution in [0.1, 0.15) is 36.6 Å². The highest BCUT2D eigenvalue weighted by Crippen LogP contribution is 2.27. The average molecular weight is 461 g/mol. The van der Waals surface area contributed by atoms with Crippen molar-refractivity contribution in [1.82, 2.24) is 10.2 Å². The van der Waals surface area contributed by atoms with Crippen LogP contribution in [0.5, 0.6) is 11.5 Å². The Kier molecular flexibility index (Phi) is 8.68. The molecule has 2 amide bonds. The van der Waals surface area contributed by atoms with E-state index in [1.807, 2.05) is 92.7 Å². The van der Waals surface area contributed by atoms with Crippen LogP contribution in [0.3, 0.4) is 0 Å². The minimum absolute atomic E-state index is 0.0999. The first-order valence-corrected chi connectivity index (χ1v) is 11.3. The van der Waals surface area contributed by atoms with Crippen molar-refractivity contribution in [2.24, 2.45) is 5.92 Å². The highest BCUT2D eigenvalue weighted by Gasteiger charge is 2.32. The van der Waals surface area contributed by atoms with Crippen LogP contribution in [0.25, 0.3) is 0 Å². The van der Waals surface area contributed by atoms with E-state index in [0.717, 1.165) is 22.4 Å². The second-order valence-electron chi connectivity index (χ2n) is 8.31. The van der Waals surface area contributed by atoms with E-state index in [1.165, 1.54) is 0 Å². The number of ether oxygens (including phenoxy) is 2. The highest BCUT2D eigenvalue weighted by molar-refractivity contribution is 5.89. The molecule has 1 atom stereocenters. The van der Waals surface area contributed by atoms with Gasteiger partial charge in [-0.25, -0.2) is 0 Å². The van der Waals surface area contributed by atoms with Crippen LogP contribution in [0.2, 0.25) is 0 Å². The topological polar surface area (TPSA) is 67.9 Å². The Balaban J connectivity index is 1.93. The van der Waals surface area contributed by atoms with Gasteiger partial charge in [0.05, 0.1) is 14.2 Å². The zero-order chi connectivity index (χ0) is 24.5. The van der Waals surface area contributed by atoms with Crippen molar-refractivity contribution in [1.29, 1.82) is 0 Å². The number of rotatable bonds is 10. The lowest BCUT2D eigenvalue weighted by Gasteiger charge is -2.33. The van der Waals surface area contributed by atoms with Gasteiger partial charge in [0.15, 0.2) is 0 Å². The summed E-state index contributed by atoms with van der Waals surface area (Å²) >= 11 is 0. The lowest BCUT2D eigenvalue weighted by atomic mass is 10.0. The molecule has 0 bridgehead atoms. The number of para-hydroxylation sites is 1. The average Bonchev–Trinajstić information content (AvgIpc) is 2.87. The van der Waals surface area contributed by atoms with Crippen LogP contribution in [0.4, 0.5) is 0 Å². The molecule has 0 saturated carbocycles. The Morgan fingerprint density at radius 2 is 1.50 bits per heavy atom. The van der Waals surface area contributed by atoms with E-state index in [1.54, 1.807) is 19.1 Å². The van der Waals surface area contributed by atoms with E-state index >= 15 is 0 Å². The van der Waals surface area contributed by atoms with E-state index in [0.29, 0.717) is 18.8 Å². The van der Waals surface area contributed by atoms with E-state index in [4.69, 9.17) is 9.47 Å². The Morgan fingerprint density at radius 3 is 2.12 bits per heavy atom. The van der Waals surface area contributed by atoms with Crippen molar-refractivity contribution in [3.8, 4) is 11.5 Å². The Hall–Kier alpha value is -3.80. The summed E-state index contributed by atoms with van der Waals surface area (Å²) in [5.41, 5.74) is 2.53. The second kappa shape index (κ2) is 11.9. The fourth-order valence-corrected chi connectivity index (χ4v) is 3.79. The molecule has 0 aliphatic carbocycles. The van der Waals surface area contributed by atoms with Crippen LogP contribution in [-0.2, 0) is 22.7 Å². The highest BCUT2D eigenvalue weighted by atomic mass is 16.5. The van der Waals surface area contributed by atoms with Gasteiger partial charge in [-0.15, -0.1) is 0 Å². The molecular weight excluding hydrogens is 428 g/mol. The molecule has 0 fully saturated rings. The van der Waals surface area contributed by atoms with Gasteiger partial charge < -0.3 is 19.7 Å². The molecule has 6 heteroatoms. The first-order chi connectivity index (χ1) is 16.4. The predicted octanol–water partition coefficient (Wildman–Crippen LogP) is 4.75. The van der Waals surface area contributed by atoms with Crippen molar-refractivity contribution in [2.75, 3.05) is 14.2 Å². The molecule has 3 aromatic rings. The summed E-state index contributed by atoms with van der Waals surface area (Å²) in [6, 6.07) is 23.7. The van der Waals surface area contributed by atoms with Gasteiger partial charge in [-0.1, -0.05) is 74.5 Å². The molecule has 1 unspecified atom stereocenters. The zero-order valence-corrected chi connectivity index (χ0v) is 20.2. The predicted molar refractivity (Wildman–Crippen MR) is 132 cm³/mol. The Bertz CT molecular complexity index is 1080. The van der Waals surface area contributed by atoms with Crippen molar-refractivity contribution in [3.05, 3.63) is 95.6 Å². The number of nitrogens with zero attached hydrogens (tertiary/aromatic N) is 1. The second-order valence-corrected chi connectivity index (χ2v) is 8.31. The number of amides is 2. The van der Waals surface area contributed by atoms with Crippen LogP contribution in [-0.4, -0.2) is 30.9 Å². The molecule has 0 saturated heterocycles. The number of hydrogen-bond donors (Lipinski definition) is 1. The smallest absolute Gasteiger partial charge is 0.247 e. The molecule has 0 aromatic heterocycles. The summed E-state index contributed by atoms with van der Waals surface area (Å²) in [5, 5.41) is 3.02. The van der Waals surface area contributed by atoms with Crippen molar-refractivity contribution < 1.29 is 19.1 Å². The third-order valence-electron chi connectivity index (χ3n) is 5.61. The summed E-state index contributed by atoms with van der Waals surface area (Å²) in [7, 11) is 3.21. The van der Waals surface area contributed by atoms with Gasteiger partial charge in [-0.05, 0) is 29.3 Å². The summed E-state index contributed by atoms with van der Waals surface area (Å²) in [6.45, 7) is 4.28. The molecule has 0 spiro atoms. The van der Waals surface area contributed by atoms with Crippen molar-refractivity contribution in [2.45, 2.75) is 33.0 Å². The maximum absolute atomic E-state index is 13.6. The molecule has 1 N–H and O–H groups in total. The van der Waals surface area contributed by atoms with E-state index < -0.39 is 6.04 Å². The normalized spacial score (nSPS) is 11.6. The molecule has 6 nitrogen and oxygen atoms in total. The lowest BCUT2D eigenvalue weighted by molar-refractivity contribution is -0.144. The number of carbonyl (C=O) groups excluding carboxylic acids is 2. The number of carbonyl (C=O) groups is 2. The van der Waals surface area contributed by atoms with E-state index in [-0.39, 0.29) is 17.7 Å².